The van der Waals surface area contributed by atoms with Crippen LogP contribution < -0.4 is 19.8 Å². The lowest BCUT2D eigenvalue weighted by Gasteiger charge is -2.09. The Morgan fingerprint density at radius 3 is 2.36 bits per heavy atom. The van der Waals surface area contributed by atoms with Crippen LogP contribution in [0.2, 0.25) is 0 Å². The lowest BCUT2D eigenvalue weighted by atomic mass is 10.2. The van der Waals surface area contributed by atoms with Gasteiger partial charge in [0, 0.05) is 17.7 Å². The molecule has 0 aliphatic rings. The van der Waals surface area contributed by atoms with Gasteiger partial charge in [-0.1, -0.05) is 6.92 Å². The Hall–Kier alpha value is -3.02. The minimum absolute atomic E-state index is 0.242. The summed E-state index contributed by atoms with van der Waals surface area (Å²) in [7, 11) is 3.04. The van der Waals surface area contributed by atoms with E-state index in [2.05, 4.69) is 4.98 Å². The lowest BCUT2D eigenvalue weighted by molar-refractivity contribution is 0.317. The van der Waals surface area contributed by atoms with Gasteiger partial charge in [-0.05, 0) is 30.7 Å². The number of nitrogens with zero attached hydrogens (tertiary/aromatic N) is 1. The average molecular weight is 341 g/mol. The van der Waals surface area contributed by atoms with E-state index in [1.807, 2.05) is 31.2 Å². The van der Waals surface area contributed by atoms with E-state index < -0.39 is 5.63 Å². The first-order valence-electron chi connectivity index (χ1n) is 7.96. The molecular weight excluding hydrogens is 322 g/mol. The number of aromatic nitrogens is 1. The van der Waals surface area contributed by atoms with E-state index in [0.717, 1.165) is 12.2 Å². The van der Waals surface area contributed by atoms with E-state index in [4.69, 9.17) is 18.6 Å². The summed E-state index contributed by atoms with van der Waals surface area (Å²) in [4.78, 5) is 16.8. The highest BCUT2D eigenvalue weighted by Gasteiger charge is 2.13. The number of rotatable bonds is 6. The van der Waals surface area contributed by atoms with Gasteiger partial charge in [0.25, 0.3) is 0 Å². The van der Waals surface area contributed by atoms with Crippen molar-refractivity contribution in [2.75, 3.05) is 20.8 Å². The van der Waals surface area contributed by atoms with E-state index in [9.17, 15) is 4.79 Å². The van der Waals surface area contributed by atoms with Gasteiger partial charge in [-0.3, -0.25) is 0 Å². The molecule has 0 amide bonds. The van der Waals surface area contributed by atoms with Crippen LogP contribution in [-0.2, 0) is 0 Å². The van der Waals surface area contributed by atoms with Gasteiger partial charge in [0.05, 0.1) is 31.7 Å². The zero-order chi connectivity index (χ0) is 17.8. The van der Waals surface area contributed by atoms with Gasteiger partial charge < -0.3 is 18.6 Å². The number of benzene rings is 2. The molecule has 0 atom stereocenters. The van der Waals surface area contributed by atoms with Crippen LogP contribution in [0.3, 0.4) is 0 Å². The molecule has 6 heteroatoms. The Labute approximate surface area is 145 Å². The topological polar surface area (TPSA) is 70.8 Å². The molecule has 130 valence electrons. The van der Waals surface area contributed by atoms with Gasteiger partial charge in [-0.15, -0.1) is 0 Å². The predicted octanol–water partition coefficient (Wildman–Crippen LogP) is 3.66. The first-order chi connectivity index (χ1) is 12.2. The third-order valence-corrected chi connectivity index (χ3v) is 3.71. The maximum absolute atomic E-state index is 12.3. The van der Waals surface area contributed by atoms with Crippen LogP contribution in [0.1, 0.15) is 13.3 Å². The van der Waals surface area contributed by atoms with Crippen LogP contribution in [0.15, 0.2) is 45.6 Å². The molecule has 0 bridgehead atoms. The smallest absolute Gasteiger partial charge is 0.347 e. The molecular formula is C19H19NO5. The highest BCUT2D eigenvalue weighted by Crippen LogP contribution is 2.31. The number of methoxy groups -OCH3 is 2. The van der Waals surface area contributed by atoms with E-state index in [1.165, 1.54) is 14.2 Å². The molecule has 0 saturated carbocycles. The third-order valence-electron chi connectivity index (χ3n) is 3.71. The van der Waals surface area contributed by atoms with Crippen molar-refractivity contribution in [3.05, 3.63) is 46.8 Å². The van der Waals surface area contributed by atoms with Crippen molar-refractivity contribution in [1.29, 1.82) is 0 Å². The second-order valence-corrected chi connectivity index (χ2v) is 5.40. The Kier molecular flexibility index (Phi) is 4.88. The second-order valence-electron chi connectivity index (χ2n) is 5.40. The zero-order valence-corrected chi connectivity index (χ0v) is 14.4. The maximum atomic E-state index is 12.3. The van der Waals surface area contributed by atoms with Crippen LogP contribution in [0.25, 0.3) is 22.4 Å². The molecule has 1 heterocycles. The molecule has 0 radical (unpaired) electrons. The number of fused-ring (bicyclic) bond motifs is 1. The number of hydrogen-bond donors (Lipinski definition) is 0. The maximum Gasteiger partial charge on any atom is 0.347 e. The summed E-state index contributed by atoms with van der Waals surface area (Å²) in [6.07, 6.45) is 0.939. The van der Waals surface area contributed by atoms with Gasteiger partial charge in [0.1, 0.15) is 5.75 Å². The summed E-state index contributed by atoms with van der Waals surface area (Å²) in [6.45, 7) is 2.70. The first-order valence-corrected chi connectivity index (χ1v) is 7.96. The SMILES string of the molecule is CCCOc1ccc(-c2nc3cc(OC)c(OC)cc3c(=O)o2)cc1. The van der Waals surface area contributed by atoms with Crippen molar-refractivity contribution in [2.45, 2.75) is 13.3 Å². The largest absolute Gasteiger partial charge is 0.494 e. The molecule has 0 aliphatic heterocycles. The molecule has 3 rings (SSSR count). The average Bonchev–Trinajstić information content (AvgIpc) is 2.65. The fraction of sp³-hybridized carbons (Fsp3) is 0.263. The van der Waals surface area contributed by atoms with Gasteiger partial charge in [0.2, 0.25) is 5.89 Å². The minimum Gasteiger partial charge on any atom is -0.494 e. The zero-order valence-electron chi connectivity index (χ0n) is 14.4. The van der Waals surface area contributed by atoms with Crippen molar-refractivity contribution in [3.8, 4) is 28.7 Å². The quantitative estimate of drug-likeness (QED) is 0.681. The van der Waals surface area contributed by atoms with Crippen LogP contribution in [0.4, 0.5) is 0 Å². The van der Waals surface area contributed by atoms with Gasteiger partial charge in [-0.2, -0.15) is 0 Å². The molecule has 0 fully saturated rings. The number of hydrogen-bond acceptors (Lipinski definition) is 6. The molecule has 2 aromatic carbocycles. The molecule has 3 aromatic rings. The lowest BCUT2D eigenvalue weighted by Crippen LogP contribution is -2.04. The van der Waals surface area contributed by atoms with Crippen molar-refractivity contribution < 1.29 is 18.6 Å². The Bertz CT molecular complexity index is 931. The predicted molar refractivity (Wildman–Crippen MR) is 94.6 cm³/mol. The molecule has 0 saturated heterocycles. The van der Waals surface area contributed by atoms with Crippen LogP contribution >= 0.6 is 0 Å². The standard InChI is InChI=1S/C19H19NO5/c1-4-9-24-13-7-5-12(6-8-13)18-20-15-11-17(23-3)16(22-2)10-14(15)19(21)25-18/h5-8,10-11H,4,9H2,1-3H3. The van der Waals surface area contributed by atoms with E-state index in [0.29, 0.717) is 34.6 Å². The highest BCUT2D eigenvalue weighted by molar-refractivity contribution is 5.82. The third kappa shape index (κ3) is 3.42. The summed E-state index contributed by atoms with van der Waals surface area (Å²) >= 11 is 0. The molecule has 6 nitrogen and oxygen atoms in total. The Morgan fingerprint density at radius 1 is 1.04 bits per heavy atom. The fourth-order valence-electron chi connectivity index (χ4n) is 2.44. The monoisotopic (exact) mass is 341 g/mol. The molecule has 0 aliphatic carbocycles. The fourth-order valence-corrected chi connectivity index (χ4v) is 2.44. The van der Waals surface area contributed by atoms with Gasteiger partial charge in [0.15, 0.2) is 11.5 Å². The van der Waals surface area contributed by atoms with Crippen molar-refractivity contribution in [3.63, 3.8) is 0 Å². The summed E-state index contributed by atoms with van der Waals surface area (Å²) in [5, 5.41) is 0.337. The molecule has 0 spiro atoms. The summed E-state index contributed by atoms with van der Waals surface area (Å²) in [6, 6.07) is 10.5. The van der Waals surface area contributed by atoms with E-state index in [-0.39, 0.29) is 5.89 Å². The minimum atomic E-state index is -0.479. The van der Waals surface area contributed by atoms with Crippen LogP contribution in [0.5, 0.6) is 17.2 Å². The molecule has 1 aromatic heterocycles. The van der Waals surface area contributed by atoms with Crippen molar-refractivity contribution >= 4 is 10.9 Å². The van der Waals surface area contributed by atoms with Crippen molar-refractivity contribution in [2.24, 2.45) is 0 Å². The second kappa shape index (κ2) is 7.25. The van der Waals surface area contributed by atoms with Gasteiger partial charge >= 0.3 is 5.63 Å². The molecule has 0 N–H and O–H groups in total. The van der Waals surface area contributed by atoms with E-state index >= 15 is 0 Å². The normalized spacial score (nSPS) is 10.7. The van der Waals surface area contributed by atoms with E-state index in [1.54, 1.807) is 12.1 Å². The Morgan fingerprint density at radius 2 is 1.72 bits per heavy atom. The molecule has 25 heavy (non-hydrogen) atoms. The summed E-state index contributed by atoms with van der Waals surface area (Å²) < 4.78 is 21.4. The summed E-state index contributed by atoms with van der Waals surface area (Å²) in [5.74, 6) is 1.96. The van der Waals surface area contributed by atoms with Gasteiger partial charge in [-0.25, -0.2) is 9.78 Å². The Balaban J connectivity index is 2.04. The highest BCUT2D eigenvalue weighted by atomic mass is 16.5. The first kappa shape index (κ1) is 16.8. The van der Waals surface area contributed by atoms with Crippen molar-refractivity contribution in [1.82, 2.24) is 4.98 Å². The van der Waals surface area contributed by atoms with Crippen LogP contribution in [0, 0.1) is 0 Å². The summed E-state index contributed by atoms with van der Waals surface area (Å²) in [5.41, 5.74) is 0.695. The molecule has 0 unspecified atom stereocenters. The number of ether oxygens (including phenoxy) is 3. The van der Waals surface area contributed by atoms with Crippen LogP contribution in [-0.4, -0.2) is 25.8 Å².